The van der Waals surface area contributed by atoms with Gasteiger partial charge in [0.1, 0.15) is 13.2 Å². The van der Waals surface area contributed by atoms with E-state index in [2.05, 4.69) is 11.2 Å². The molecule has 1 heterocycles. The van der Waals surface area contributed by atoms with Crippen LogP contribution in [0.15, 0.2) is 23.2 Å². The molecule has 1 aromatic rings. The Balaban J connectivity index is 1.78. The molecule has 156 valence electrons. The Labute approximate surface area is 181 Å². The van der Waals surface area contributed by atoms with Crippen LogP contribution < -0.4 is 4.90 Å². The number of rotatable bonds is 12. The summed E-state index contributed by atoms with van der Waals surface area (Å²) in [6.45, 7) is 0.574. The zero-order valence-corrected chi connectivity index (χ0v) is 18.5. The van der Waals surface area contributed by atoms with E-state index in [1.807, 2.05) is 11.8 Å². The molecule has 0 radical (unpaired) electrons. The molecule has 1 aromatic carbocycles. The van der Waals surface area contributed by atoms with E-state index in [-0.39, 0.29) is 12.6 Å². The summed E-state index contributed by atoms with van der Waals surface area (Å²) in [4.78, 5) is 17.4. The SMILES string of the molecule is CSCCCCCCCCC1COC(CN(C(=O)O)c2cc(Cl)cc(Cl)c2)=N1. The summed E-state index contributed by atoms with van der Waals surface area (Å²) in [5.74, 6) is 1.70. The highest BCUT2D eigenvalue weighted by molar-refractivity contribution is 7.98. The fraction of sp³-hybridized carbons (Fsp3) is 0.600. The lowest BCUT2D eigenvalue weighted by Crippen LogP contribution is -2.34. The Morgan fingerprint density at radius 1 is 1.18 bits per heavy atom. The van der Waals surface area contributed by atoms with Gasteiger partial charge in [-0.1, -0.05) is 55.3 Å². The standard InChI is InChI=1S/C20H28Cl2N2O3S/c1-28-9-7-5-3-2-4-6-8-17-14-27-19(23-17)13-24(20(25)26)18-11-15(21)10-16(22)12-18/h10-12,17H,2-9,13-14H2,1H3,(H,25,26). The van der Waals surface area contributed by atoms with E-state index >= 15 is 0 Å². The van der Waals surface area contributed by atoms with Gasteiger partial charge in [-0.2, -0.15) is 11.8 Å². The first kappa shape index (κ1) is 23.2. The predicted octanol–water partition coefficient (Wildman–Crippen LogP) is 6.37. The van der Waals surface area contributed by atoms with Crippen LogP contribution in [0, 0.1) is 0 Å². The van der Waals surface area contributed by atoms with Crippen LogP contribution in [0.5, 0.6) is 0 Å². The van der Waals surface area contributed by atoms with E-state index < -0.39 is 6.09 Å². The third-order valence-corrected chi connectivity index (χ3v) is 5.72. The van der Waals surface area contributed by atoms with Gasteiger partial charge in [0.2, 0.25) is 5.90 Å². The molecule has 0 bridgehead atoms. The minimum absolute atomic E-state index is 0.0535. The van der Waals surface area contributed by atoms with Crippen LogP contribution >= 0.6 is 35.0 Å². The number of aliphatic imine (C=N–C) groups is 1. The van der Waals surface area contributed by atoms with Crippen molar-refractivity contribution in [1.29, 1.82) is 0 Å². The molecule has 0 aliphatic carbocycles. The molecule has 1 amide bonds. The summed E-state index contributed by atoms with van der Waals surface area (Å²) in [6.07, 6.45) is 9.55. The number of halogens is 2. The zero-order valence-electron chi connectivity index (χ0n) is 16.2. The summed E-state index contributed by atoms with van der Waals surface area (Å²) in [7, 11) is 0. The molecule has 1 atom stereocenters. The second kappa shape index (κ2) is 12.5. The zero-order chi connectivity index (χ0) is 20.4. The molecule has 0 saturated heterocycles. The maximum Gasteiger partial charge on any atom is 0.412 e. The van der Waals surface area contributed by atoms with E-state index in [4.69, 9.17) is 27.9 Å². The number of carboxylic acid groups (broad SMARTS) is 1. The van der Waals surface area contributed by atoms with Crippen LogP contribution in [0.2, 0.25) is 10.0 Å². The van der Waals surface area contributed by atoms with Crippen molar-refractivity contribution in [1.82, 2.24) is 0 Å². The lowest BCUT2D eigenvalue weighted by Gasteiger charge is -2.19. The Hall–Kier alpha value is -1.11. The minimum Gasteiger partial charge on any atom is -0.477 e. The number of nitrogens with zero attached hydrogens (tertiary/aromatic N) is 2. The molecule has 0 saturated carbocycles. The normalized spacial score (nSPS) is 16.0. The summed E-state index contributed by atoms with van der Waals surface area (Å²) in [5, 5.41) is 10.3. The van der Waals surface area contributed by atoms with Gasteiger partial charge in [0.15, 0.2) is 0 Å². The highest BCUT2D eigenvalue weighted by atomic mass is 35.5. The molecular formula is C20H28Cl2N2O3S. The Morgan fingerprint density at radius 2 is 1.82 bits per heavy atom. The minimum atomic E-state index is -1.10. The lowest BCUT2D eigenvalue weighted by molar-refractivity contribution is 0.202. The highest BCUT2D eigenvalue weighted by Crippen LogP contribution is 2.26. The topological polar surface area (TPSA) is 62.1 Å². The van der Waals surface area contributed by atoms with Gasteiger partial charge in [-0.15, -0.1) is 0 Å². The molecule has 1 aliphatic rings. The van der Waals surface area contributed by atoms with Crippen LogP contribution in [-0.4, -0.2) is 48.3 Å². The largest absolute Gasteiger partial charge is 0.477 e. The van der Waals surface area contributed by atoms with Gasteiger partial charge in [-0.3, -0.25) is 4.90 Å². The third-order valence-electron chi connectivity index (χ3n) is 4.59. The molecule has 5 nitrogen and oxygen atoms in total. The van der Waals surface area contributed by atoms with Crippen molar-refractivity contribution in [2.45, 2.75) is 51.0 Å². The number of hydrogen-bond acceptors (Lipinski definition) is 4. The van der Waals surface area contributed by atoms with Crippen LogP contribution in [0.1, 0.15) is 44.9 Å². The number of anilines is 1. The van der Waals surface area contributed by atoms with Crippen molar-refractivity contribution < 1.29 is 14.6 Å². The van der Waals surface area contributed by atoms with Crippen molar-refractivity contribution in [2.75, 3.05) is 30.1 Å². The molecule has 2 rings (SSSR count). The summed E-state index contributed by atoms with van der Waals surface area (Å²) < 4.78 is 5.63. The van der Waals surface area contributed by atoms with E-state index in [1.165, 1.54) is 37.9 Å². The van der Waals surface area contributed by atoms with Crippen LogP contribution in [0.4, 0.5) is 10.5 Å². The average molecular weight is 447 g/mol. The summed E-state index contributed by atoms with van der Waals surface area (Å²) >= 11 is 13.9. The number of carbonyl (C=O) groups is 1. The first-order valence-electron chi connectivity index (χ1n) is 9.64. The number of unbranched alkanes of at least 4 members (excludes halogenated alkanes) is 5. The lowest BCUT2D eigenvalue weighted by atomic mass is 10.1. The van der Waals surface area contributed by atoms with Crippen molar-refractivity contribution in [3.05, 3.63) is 28.2 Å². The molecule has 8 heteroatoms. The Morgan fingerprint density at radius 3 is 2.46 bits per heavy atom. The van der Waals surface area contributed by atoms with E-state index in [0.717, 1.165) is 17.7 Å². The fourth-order valence-electron chi connectivity index (χ4n) is 3.14. The van der Waals surface area contributed by atoms with Crippen LogP contribution in [0.3, 0.4) is 0 Å². The van der Waals surface area contributed by atoms with Crippen molar-refractivity contribution in [2.24, 2.45) is 4.99 Å². The second-order valence-electron chi connectivity index (χ2n) is 6.89. The average Bonchev–Trinajstić information content (AvgIpc) is 3.08. The monoisotopic (exact) mass is 446 g/mol. The first-order valence-corrected chi connectivity index (χ1v) is 11.8. The smallest absolute Gasteiger partial charge is 0.412 e. The molecule has 1 unspecified atom stereocenters. The maximum absolute atomic E-state index is 11.7. The van der Waals surface area contributed by atoms with Gasteiger partial charge in [-0.25, -0.2) is 9.79 Å². The van der Waals surface area contributed by atoms with E-state index in [0.29, 0.717) is 28.2 Å². The van der Waals surface area contributed by atoms with Crippen molar-refractivity contribution >= 4 is 52.6 Å². The summed E-state index contributed by atoms with van der Waals surface area (Å²) in [5.41, 5.74) is 0.404. The first-order chi connectivity index (χ1) is 13.5. The highest BCUT2D eigenvalue weighted by Gasteiger charge is 2.24. The maximum atomic E-state index is 11.7. The molecule has 1 N–H and O–H groups in total. The Kier molecular flexibility index (Phi) is 10.3. The van der Waals surface area contributed by atoms with Crippen LogP contribution in [0.25, 0.3) is 0 Å². The van der Waals surface area contributed by atoms with Gasteiger partial charge in [0, 0.05) is 10.0 Å². The number of benzene rings is 1. The number of hydrogen-bond donors (Lipinski definition) is 1. The van der Waals surface area contributed by atoms with Crippen molar-refractivity contribution in [3.63, 3.8) is 0 Å². The van der Waals surface area contributed by atoms with Gasteiger partial charge in [0.25, 0.3) is 0 Å². The number of ether oxygens (including phenoxy) is 1. The van der Waals surface area contributed by atoms with Gasteiger partial charge in [-0.05, 0) is 43.0 Å². The number of thioether (sulfide) groups is 1. The predicted molar refractivity (Wildman–Crippen MR) is 120 cm³/mol. The quantitative estimate of drug-likeness (QED) is 0.378. The molecule has 28 heavy (non-hydrogen) atoms. The van der Waals surface area contributed by atoms with E-state index in [9.17, 15) is 9.90 Å². The third kappa shape index (κ3) is 8.10. The van der Waals surface area contributed by atoms with Gasteiger partial charge >= 0.3 is 6.09 Å². The van der Waals surface area contributed by atoms with Crippen LogP contribution in [-0.2, 0) is 4.74 Å². The fourth-order valence-corrected chi connectivity index (χ4v) is 4.15. The molecule has 0 spiro atoms. The molecular weight excluding hydrogens is 419 g/mol. The van der Waals surface area contributed by atoms with E-state index in [1.54, 1.807) is 18.2 Å². The second-order valence-corrected chi connectivity index (χ2v) is 8.75. The van der Waals surface area contributed by atoms with Gasteiger partial charge < -0.3 is 9.84 Å². The number of amides is 1. The van der Waals surface area contributed by atoms with Crippen molar-refractivity contribution in [3.8, 4) is 0 Å². The summed E-state index contributed by atoms with van der Waals surface area (Å²) in [6, 6.07) is 4.81. The molecule has 1 aliphatic heterocycles. The molecule has 0 fully saturated rings. The van der Waals surface area contributed by atoms with Gasteiger partial charge in [0.05, 0.1) is 11.7 Å². The Bertz CT molecular complexity index is 653. The molecule has 0 aromatic heterocycles.